The van der Waals surface area contributed by atoms with Crippen LogP contribution in [-0.2, 0) is 13.1 Å². The fourth-order valence-electron chi connectivity index (χ4n) is 5.85. The molecule has 35 heavy (non-hydrogen) atoms. The number of likely N-dealkylation sites (tertiary alicyclic amines) is 1. The number of aromatic nitrogens is 2. The number of nitrogens with one attached hydrogen (secondary N) is 2. The second-order valence-electron chi connectivity index (χ2n) is 9.89. The van der Waals surface area contributed by atoms with Crippen LogP contribution in [0.1, 0.15) is 40.7 Å². The minimum atomic E-state index is -0.00945. The maximum Gasteiger partial charge on any atom is 0.252 e. The van der Waals surface area contributed by atoms with Crippen LogP contribution >= 0.6 is 0 Å². The van der Waals surface area contributed by atoms with Crippen molar-refractivity contribution in [3.05, 3.63) is 89.9 Å². The monoisotopic (exact) mass is 468 g/mol. The van der Waals surface area contributed by atoms with Gasteiger partial charge in [0, 0.05) is 61.3 Å². The van der Waals surface area contributed by atoms with E-state index in [1.807, 2.05) is 24.4 Å². The Morgan fingerprint density at radius 1 is 1.06 bits per heavy atom. The van der Waals surface area contributed by atoms with Gasteiger partial charge in [0.25, 0.3) is 5.91 Å². The molecule has 0 aliphatic carbocycles. The van der Waals surface area contributed by atoms with Crippen molar-refractivity contribution < 1.29 is 9.53 Å². The van der Waals surface area contributed by atoms with E-state index < -0.39 is 0 Å². The second-order valence-corrected chi connectivity index (χ2v) is 9.89. The summed E-state index contributed by atoms with van der Waals surface area (Å²) in [6.07, 6.45) is 7.37. The molecule has 0 saturated carbocycles. The summed E-state index contributed by atoms with van der Waals surface area (Å²) in [5, 5.41) is 4.14. The molecule has 0 spiro atoms. The predicted octanol–water partition coefficient (Wildman–Crippen LogP) is 4.79. The third-order valence-electron chi connectivity index (χ3n) is 7.97. The summed E-state index contributed by atoms with van der Waals surface area (Å²) in [6, 6.07) is 19.4. The Balaban J connectivity index is 1.23. The number of rotatable bonds is 7. The largest absolute Gasteiger partial charge is 0.493 e. The van der Waals surface area contributed by atoms with Crippen molar-refractivity contribution in [3.63, 3.8) is 0 Å². The molecule has 4 aromatic rings. The average Bonchev–Trinajstić information content (AvgIpc) is 3.64. The van der Waals surface area contributed by atoms with Crippen molar-refractivity contribution in [2.45, 2.75) is 38.4 Å². The molecule has 2 aromatic carbocycles. The van der Waals surface area contributed by atoms with Gasteiger partial charge >= 0.3 is 0 Å². The SMILES string of the molecule is C[C@@H]1C(COc2ccc3c(c2)C(=O)NC3)[C@H](c2ccc3cc[nH]c3c2)CCN1CCn1cccc1. The van der Waals surface area contributed by atoms with Gasteiger partial charge in [0.2, 0.25) is 0 Å². The number of H-pyrrole nitrogens is 1. The number of piperidine rings is 1. The Morgan fingerprint density at radius 2 is 1.94 bits per heavy atom. The molecule has 0 radical (unpaired) electrons. The van der Waals surface area contributed by atoms with Crippen LogP contribution in [0.2, 0.25) is 0 Å². The quantitative estimate of drug-likeness (QED) is 0.410. The van der Waals surface area contributed by atoms with Gasteiger partial charge in [0.15, 0.2) is 0 Å². The molecule has 1 fully saturated rings. The van der Waals surface area contributed by atoms with Crippen molar-refractivity contribution in [1.29, 1.82) is 0 Å². The standard InChI is InChI=1S/C29H32N4O2/c1-20-27(19-35-24-7-6-23-18-31-29(34)26(23)17-24)25(22-5-4-21-8-10-30-28(21)16-22)9-13-33(20)15-14-32-11-2-3-12-32/h2-8,10-12,16-17,20,25,27,30H,9,13-15,18-19H2,1H3,(H,31,34)/t20-,25+,27?/m1/s1. The molecular weight excluding hydrogens is 436 g/mol. The third kappa shape index (κ3) is 4.34. The number of carbonyl (C=O) groups is 1. The van der Waals surface area contributed by atoms with Gasteiger partial charge in [0.05, 0.1) is 6.61 Å². The summed E-state index contributed by atoms with van der Waals surface area (Å²) in [5.74, 6) is 1.52. The molecule has 1 saturated heterocycles. The van der Waals surface area contributed by atoms with Crippen LogP contribution < -0.4 is 10.1 Å². The number of hydrogen-bond donors (Lipinski definition) is 2. The molecule has 2 aromatic heterocycles. The lowest BCUT2D eigenvalue weighted by Crippen LogP contribution is -2.49. The molecule has 1 amide bonds. The lowest BCUT2D eigenvalue weighted by atomic mass is 9.76. The van der Waals surface area contributed by atoms with Crippen LogP contribution in [0.5, 0.6) is 5.75 Å². The van der Waals surface area contributed by atoms with E-state index >= 15 is 0 Å². The predicted molar refractivity (Wildman–Crippen MR) is 138 cm³/mol. The van der Waals surface area contributed by atoms with Crippen LogP contribution in [0.3, 0.4) is 0 Å². The van der Waals surface area contributed by atoms with Crippen molar-refractivity contribution in [3.8, 4) is 5.75 Å². The van der Waals surface area contributed by atoms with Gasteiger partial charge in [-0.05, 0) is 78.7 Å². The Hall–Kier alpha value is -3.51. The minimum absolute atomic E-state index is 0.00945. The Kier molecular flexibility index (Phi) is 5.82. The van der Waals surface area contributed by atoms with Crippen molar-refractivity contribution in [2.24, 2.45) is 5.92 Å². The smallest absolute Gasteiger partial charge is 0.252 e. The summed E-state index contributed by atoms with van der Waals surface area (Å²) < 4.78 is 8.64. The molecule has 6 heteroatoms. The van der Waals surface area contributed by atoms with E-state index in [4.69, 9.17) is 4.74 Å². The molecule has 180 valence electrons. The highest BCUT2D eigenvalue weighted by Gasteiger charge is 2.37. The summed E-state index contributed by atoms with van der Waals surface area (Å²) in [4.78, 5) is 18.1. The van der Waals surface area contributed by atoms with E-state index in [0.717, 1.165) is 42.9 Å². The fourth-order valence-corrected chi connectivity index (χ4v) is 5.85. The van der Waals surface area contributed by atoms with Gasteiger partial charge in [-0.2, -0.15) is 0 Å². The van der Waals surface area contributed by atoms with Crippen LogP contribution in [0, 0.1) is 5.92 Å². The first-order chi connectivity index (χ1) is 17.2. The number of hydrogen-bond acceptors (Lipinski definition) is 3. The third-order valence-corrected chi connectivity index (χ3v) is 7.97. The zero-order valence-electron chi connectivity index (χ0n) is 20.1. The van der Waals surface area contributed by atoms with Crippen molar-refractivity contribution in [1.82, 2.24) is 19.8 Å². The molecule has 1 unspecified atom stereocenters. The fraction of sp³-hybridized carbons (Fsp3) is 0.345. The maximum absolute atomic E-state index is 12.1. The summed E-state index contributed by atoms with van der Waals surface area (Å²) in [5.41, 5.74) is 4.34. The first kappa shape index (κ1) is 22.0. The van der Waals surface area contributed by atoms with E-state index in [9.17, 15) is 4.79 Å². The van der Waals surface area contributed by atoms with Gasteiger partial charge in [-0.25, -0.2) is 0 Å². The Morgan fingerprint density at radius 3 is 2.83 bits per heavy atom. The van der Waals surface area contributed by atoms with Gasteiger partial charge in [-0.3, -0.25) is 9.69 Å². The highest BCUT2D eigenvalue weighted by molar-refractivity contribution is 5.98. The molecule has 2 aliphatic rings. The number of amides is 1. The summed E-state index contributed by atoms with van der Waals surface area (Å²) in [7, 11) is 0. The lowest BCUT2D eigenvalue weighted by Gasteiger charge is -2.44. The van der Waals surface area contributed by atoms with E-state index in [1.54, 1.807) is 0 Å². The second kappa shape index (κ2) is 9.27. The number of carbonyl (C=O) groups excluding carboxylic acids is 1. The Bertz CT molecular complexity index is 1330. The molecule has 6 nitrogen and oxygen atoms in total. The molecule has 6 rings (SSSR count). The zero-order chi connectivity index (χ0) is 23.8. The Labute approximate surface area is 205 Å². The molecule has 0 bridgehead atoms. The number of ether oxygens (including phenoxy) is 1. The normalized spacial score (nSPS) is 22.3. The van der Waals surface area contributed by atoms with E-state index in [-0.39, 0.29) is 5.91 Å². The van der Waals surface area contributed by atoms with Crippen LogP contribution in [0.25, 0.3) is 10.9 Å². The first-order valence-electron chi connectivity index (χ1n) is 12.6. The van der Waals surface area contributed by atoms with Gasteiger partial charge in [-0.1, -0.05) is 18.2 Å². The highest BCUT2D eigenvalue weighted by Crippen LogP contribution is 2.38. The lowest BCUT2D eigenvalue weighted by molar-refractivity contribution is 0.0539. The number of fused-ring (bicyclic) bond motifs is 2. The summed E-state index contributed by atoms with van der Waals surface area (Å²) >= 11 is 0. The molecule has 3 atom stereocenters. The van der Waals surface area contributed by atoms with E-state index in [2.05, 4.69) is 75.5 Å². The van der Waals surface area contributed by atoms with Crippen LogP contribution in [0.4, 0.5) is 0 Å². The molecule has 2 aliphatic heterocycles. The summed E-state index contributed by atoms with van der Waals surface area (Å²) in [6.45, 7) is 6.66. The van der Waals surface area contributed by atoms with Crippen molar-refractivity contribution in [2.75, 3.05) is 19.7 Å². The average molecular weight is 469 g/mol. The van der Waals surface area contributed by atoms with E-state index in [0.29, 0.717) is 31.0 Å². The maximum atomic E-state index is 12.1. The highest BCUT2D eigenvalue weighted by atomic mass is 16.5. The van der Waals surface area contributed by atoms with Crippen LogP contribution in [-0.4, -0.2) is 46.1 Å². The molecular formula is C29H32N4O2. The van der Waals surface area contributed by atoms with Gasteiger partial charge < -0.3 is 19.6 Å². The number of nitrogens with zero attached hydrogens (tertiary/aromatic N) is 2. The zero-order valence-corrected chi connectivity index (χ0v) is 20.1. The minimum Gasteiger partial charge on any atom is -0.493 e. The van der Waals surface area contributed by atoms with E-state index in [1.165, 1.54) is 16.5 Å². The number of benzene rings is 2. The number of aromatic amines is 1. The van der Waals surface area contributed by atoms with Crippen molar-refractivity contribution >= 4 is 16.8 Å². The molecule has 4 heterocycles. The van der Waals surface area contributed by atoms with Crippen LogP contribution in [0.15, 0.2) is 73.2 Å². The van der Waals surface area contributed by atoms with Gasteiger partial charge in [-0.15, -0.1) is 0 Å². The topological polar surface area (TPSA) is 62.3 Å². The first-order valence-corrected chi connectivity index (χ1v) is 12.6. The van der Waals surface area contributed by atoms with Gasteiger partial charge in [0.1, 0.15) is 5.75 Å². The molecule has 2 N–H and O–H groups in total.